The first kappa shape index (κ1) is 24.4. The Bertz CT molecular complexity index is 294. The molecule has 0 fully saturated rings. The first-order chi connectivity index (χ1) is 12.1. The van der Waals surface area contributed by atoms with Crippen LogP contribution in [0.4, 0.5) is 0 Å². The minimum Gasteiger partial charge on any atom is -0.481 e. The predicted molar refractivity (Wildman–Crippen MR) is 109 cm³/mol. The standard InChI is InChI=1S/C22H45NO2/c1-3-5-7-9-11-12-13-15-17-20(22(24)25)19-21(23)18-16-14-10-8-6-4-2/h20-21H,3-19,23H2,1-2H3,(H,24,25). The van der Waals surface area contributed by atoms with Gasteiger partial charge in [-0.1, -0.05) is 104 Å². The van der Waals surface area contributed by atoms with Gasteiger partial charge in [-0.2, -0.15) is 0 Å². The number of hydrogen-bond donors (Lipinski definition) is 2. The van der Waals surface area contributed by atoms with Crippen molar-refractivity contribution in [3.8, 4) is 0 Å². The van der Waals surface area contributed by atoms with Crippen LogP contribution in [0.2, 0.25) is 0 Å². The Hall–Kier alpha value is -0.570. The lowest BCUT2D eigenvalue weighted by Crippen LogP contribution is -2.27. The molecule has 0 spiro atoms. The summed E-state index contributed by atoms with van der Waals surface area (Å²) in [5, 5.41) is 9.44. The van der Waals surface area contributed by atoms with E-state index in [4.69, 9.17) is 5.73 Å². The van der Waals surface area contributed by atoms with E-state index < -0.39 is 5.97 Å². The third kappa shape index (κ3) is 16.6. The zero-order chi connectivity index (χ0) is 18.8. The quantitative estimate of drug-likeness (QED) is 0.254. The number of carbonyl (C=O) groups is 1. The summed E-state index contributed by atoms with van der Waals surface area (Å²) in [6.45, 7) is 4.47. The average molecular weight is 356 g/mol. The van der Waals surface area contributed by atoms with Crippen molar-refractivity contribution in [1.29, 1.82) is 0 Å². The van der Waals surface area contributed by atoms with Crippen LogP contribution in [0, 0.1) is 5.92 Å². The van der Waals surface area contributed by atoms with E-state index in [-0.39, 0.29) is 12.0 Å². The van der Waals surface area contributed by atoms with Crippen molar-refractivity contribution in [2.75, 3.05) is 0 Å². The maximum Gasteiger partial charge on any atom is 0.306 e. The third-order valence-electron chi connectivity index (χ3n) is 5.27. The van der Waals surface area contributed by atoms with Gasteiger partial charge in [-0.15, -0.1) is 0 Å². The molecule has 0 heterocycles. The van der Waals surface area contributed by atoms with Crippen molar-refractivity contribution in [2.45, 2.75) is 129 Å². The summed E-state index contributed by atoms with van der Waals surface area (Å²) in [6.07, 6.45) is 20.1. The highest BCUT2D eigenvalue weighted by atomic mass is 16.4. The summed E-state index contributed by atoms with van der Waals surface area (Å²) < 4.78 is 0. The highest BCUT2D eigenvalue weighted by Gasteiger charge is 2.20. The van der Waals surface area contributed by atoms with Crippen LogP contribution in [0.3, 0.4) is 0 Å². The molecule has 3 nitrogen and oxygen atoms in total. The zero-order valence-electron chi connectivity index (χ0n) is 17.1. The minimum atomic E-state index is -0.652. The minimum absolute atomic E-state index is 0.0568. The third-order valence-corrected chi connectivity index (χ3v) is 5.27. The fourth-order valence-corrected chi connectivity index (χ4v) is 3.54. The zero-order valence-corrected chi connectivity index (χ0v) is 17.1. The Labute approximate surface area is 157 Å². The van der Waals surface area contributed by atoms with Gasteiger partial charge in [0.25, 0.3) is 0 Å². The van der Waals surface area contributed by atoms with Crippen LogP contribution >= 0.6 is 0 Å². The second-order valence-corrected chi connectivity index (χ2v) is 7.85. The Morgan fingerprint density at radius 1 is 0.720 bits per heavy atom. The van der Waals surface area contributed by atoms with Gasteiger partial charge in [0.2, 0.25) is 0 Å². The van der Waals surface area contributed by atoms with Gasteiger partial charge in [0, 0.05) is 6.04 Å². The van der Waals surface area contributed by atoms with Gasteiger partial charge < -0.3 is 10.8 Å². The van der Waals surface area contributed by atoms with Crippen LogP contribution in [-0.2, 0) is 4.79 Å². The number of unbranched alkanes of at least 4 members (excludes halogenated alkanes) is 12. The number of hydrogen-bond acceptors (Lipinski definition) is 2. The molecule has 0 rings (SSSR count). The molecule has 0 aliphatic carbocycles. The molecule has 2 atom stereocenters. The van der Waals surface area contributed by atoms with Crippen LogP contribution in [0.5, 0.6) is 0 Å². The first-order valence-corrected chi connectivity index (χ1v) is 11.1. The Kier molecular flexibility index (Phi) is 17.8. The summed E-state index contributed by atoms with van der Waals surface area (Å²) in [7, 11) is 0. The monoisotopic (exact) mass is 355 g/mol. The lowest BCUT2D eigenvalue weighted by atomic mass is 9.91. The summed E-state index contributed by atoms with van der Waals surface area (Å²) in [4.78, 5) is 11.5. The van der Waals surface area contributed by atoms with Gasteiger partial charge in [-0.05, 0) is 19.3 Å². The number of carboxylic acids is 1. The molecule has 150 valence electrons. The van der Waals surface area contributed by atoms with Gasteiger partial charge in [0.15, 0.2) is 0 Å². The largest absolute Gasteiger partial charge is 0.481 e. The molecule has 0 aliphatic rings. The molecule has 3 heteroatoms. The van der Waals surface area contributed by atoms with E-state index in [0.717, 1.165) is 25.7 Å². The molecule has 2 unspecified atom stereocenters. The summed E-state index contributed by atoms with van der Waals surface area (Å²) in [5.74, 6) is -0.892. The molecule has 0 saturated heterocycles. The van der Waals surface area contributed by atoms with E-state index in [2.05, 4.69) is 13.8 Å². The van der Waals surface area contributed by atoms with Crippen LogP contribution in [0.1, 0.15) is 123 Å². The van der Waals surface area contributed by atoms with Crippen LogP contribution in [0.15, 0.2) is 0 Å². The molecular formula is C22H45NO2. The molecule has 0 aromatic carbocycles. The van der Waals surface area contributed by atoms with Crippen LogP contribution in [0.25, 0.3) is 0 Å². The molecule has 0 aromatic rings. The predicted octanol–water partition coefficient (Wildman–Crippen LogP) is 6.69. The fraction of sp³-hybridized carbons (Fsp3) is 0.955. The maximum absolute atomic E-state index is 11.5. The summed E-state index contributed by atoms with van der Waals surface area (Å²) in [5.41, 5.74) is 6.19. The summed E-state index contributed by atoms with van der Waals surface area (Å²) in [6, 6.07) is 0.0568. The number of carboxylic acid groups (broad SMARTS) is 1. The molecule has 0 aliphatic heterocycles. The SMILES string of the molecule is CCCCCCCCCCC(CC(N)CCCCCCCC)C(=O)O. The van der Waals surface area contributed by atoms with Gasteiger partial charge in [-0.3, -0.25) is 4.79 Å². The van der Waals surface area contributed by atoms with E-state index in [1.807, 2.05) is 0 Å². The van der Waals surface area contributed by atoms with Gasteiger partial charge in [-0.25, -0.2) is 0 Å². The highest BCUT2D eigenvalue weighted by molar-refractivity contribution is 5.69. The van der Waals surface area contributed by atoms with Gasteiger partial charge >= 0.3 is 5.97 Å². The Balaban J connectivity index is 3.70. The smallest absolute Gasteiger partial charge is 0.306 e. The highest BCUT2D eigenvalue weighted by Crippen LogP contribution is 2.19. The lowest BCUT2D eigenvalue weighted by molar-refractivity contribution is -0.142. The van der Waals surface area contributed by atoms with Crippen molar-refractivity contribution in [1.82, 2.24) is 0 Å². The molecular weight excluding hydrogens is 310 g/mol. The molecule has 0 bridgehead atoms. The molecule has 0 amide bonds. The van der Waals surface area contributed by atoms with Crippen molar-refractivity contribution in [2.24, 2.45) is 11.7 Å². The fourth-order valence-electron chi connectivity index (χ4n) is 3.54. The molecule has 0 saturated carbocycles. The number of nitrogens with two attached hydrogens (primary N) is 1. The van der Waals surface area contributed by atoms with Gasteiger partial charge in [0.1, 0.15) is 0 Å². The van der Waals surface area contributed by atoms with E-state index in [1.165, 1.54) is 77.0 Å². The Morgan fingerprint density at radius 3 is 1.56 bits per heavy atom. The summed E-state index contributed by atoms with van der Waals surface area (Å²) >= 11 is 0. The molecule has 3 N–H and O–H groups in total. The Morgan fingerprint density at radius 2 is 1.12 bits per heavy atom. The second-order valence-electron chi connectivity index (χ2n) is 7.85. The molecule has 25 heavy (non-hydrogen) atoms. The van der Waals surface area contributed by atoms with Crippen LogP contribution < -0.4 is 5.73 Å². The molecule has 0 radical (unpaired) electrons. The van der Waals surface area contributed by atoms with E-state index in [1.54, 1.807) is 0 Å². The number of aliphatic carboxylic acids is 1. The van der Waals surface area contributed by atoms with Crippen molar-refractivity contribution in [3.63, 3.8) is 0 Å². The number of rotatable bonds is 19. The van der Waals surface area contributed by atoms with Crippen molar-refractivity contribution < 1.29 is 9.90 Å². The second kappa shape index (κ2) is 18.2. The van der Waals surface area contributed by atoms with E-state index in [9.17, 15) is 9.90 Å². The normalized spacial score (nSPS) is 13.7. The maximum atomic E-state index is 11.5. The topological polar surface area (TPSA) is 63.3 Å². The van der Waals surface area contributed by atoms with Crippen molar-refractivity contribution in [3.05, 3.63) is 0 Å². The van der Waals surface area contributed by atoms with E-state index >= 15 is 0 Å². The average Bonchev–Trinajstić information content (AvgIpc) is 2.59. The van der Waals surface area contributed by atoms with Crippen molar-refractivity contribution >= 4 is 5.97 Å². The van der Waals surface area contributed by atoms with Crippen LogP contribution in [-0.4, -0.2) is 17.1 Å². The first-order valence-electron chi connectivity index (χ1n) is 11.1. The van der Waals surface area contributed by atoms with E-state index in [0.29, 0.717) is 6.42 Å². The van der Waals surface area contributed by atoms with Gasteiger partial charge in [0.05, 0.1) is 5.92 Å². The lowest BCUT2D eigenvalue weighted by Gasteiger charge is -2.17. The molecule has 0 aromatic heterocycles.